The average molecular weight is 461 g/mol. The van der Waals surface area contributed by atoms with Gasteiger partial charge in [-0.2, -0.15) is 0 Å². The molecule has 2 aromatic heterocycles. The number of hydrogen-bond acceptors (Lipinski definition) is 5. The number of aromatic nitrogens is 3. The number of imidazole rings is 1. The van der Waals surface area contributed by atoms with Crippen molar-refractivity contribution in [3.05, 3.63) is 78.6 Å². The molecular formula is C26H25ClN4O2. The van der Waals surface area contributed by atoms with Gasteiger partial charge in [-0.25, -0.2) is 4.98 Å². The summed E-state index contributed by atoms with van der Waals surface area (Å²) in [5.74, 6) is 1.64. The van der Waals surface area contributed by atoms with Crippen LogP contribution in [0.5, 0.6) is 5.75 Å². The normalized spacial score (nSPS) is 22.9. The number of benzene rings is 2. The highest BCUT2D eigenvalue weighted by Crippen LogP contribution is 2.47. The summed E-state index contributed by atoms with van der Waals surface area (Å²) in [4.78, 5) is 9.34. The van der Waals surface area contributed by atoms with Crippen molar-refractivity contribution in [3.8, 4) is 39.7 Å². The van der Waals surface area contributed by atoms with Crippen molar-refractivity contribution < 1.29 is 9.84 Å². The highest BCUT2D eigenvalue weighted by molar-refractivity contribution is 5.85. The van der Waals surface area contributed by atoms with E-state index < -0.39 is 11.1 Å². The van der Waals surface area contributed by atoms with Gasteiger partial charge >= 0.3 is 0 Å². The van der Waals surface area contributed by atoms with E-state index in [4.69, 9.17) is 15.5 Å². The molecule has 2 aliphatic rings. The molecule has 2 aromatic carbocycles. The number of ether oxygens (including phenoxy) is 1. The molecule has 0 radical (unpaired) electrons. The van der Waals surface area contributed by atoms with Crippen LogP contribution < -0.4 is 10.5 Å². The van der Waals surface area contributed by atoms with Gasteiger partial charge in [0.25, 0.3) is 0 Å². The number of hydrogen-bond donors (Lipinski definition) is 2. The van der Waals surface area contributed by atoms with Crippen LogP contribution in [-0.4, -0.2) is 25.2 Å². The lowest BCUT2D eigenvalue weighted by Crippen LogP contribution is -2.58. The van der Waals surface area contributed by atoms with E-state index in [1.54, 1.807) is 12.4 Å². The van der Waals surface area contributed by atoms with Gasteiger partial charge in [0.1, 0.15) is 11.6 Å². The Kier molecular flexibility index (Phi) is 5.05. The first-order chi connectivity index (χ1) is 15.4. The number of pyridine rings is 1. The first-order valence-corrected chi connectivity index (χ1v) is 10.8. The maximum absolute atomic E-state index is 10.2. The lowest BCUT2D eigenvalue weighted by molar-refractivity contribution is -0.0738. The van der Waals surface area contributed by atoms with Crippen LogP contribution in [0.2, 0.25) is 0 Å². The Morgan fingerprint density at radius 2 is 1.73 bits per heavy atom. The summed E-state index contributed by atoms with van der Waals surface area (Å²) in [5.41, 5.74) is 11.3. The van der Waals surface area contributed by atoms with Crippen molar-refractivity contribution in [1.82, 2.24) is 14.5 Å². The molecule has 7 heteroatoms. The standard InChI is InChI=1S/C26H24N4O2.ClH/c1-25(31)14-26(27,15-25)19-9-7-17(8-10-19)22-23(18-5-3-2-4-6-18)30-16-32-21-11-12-28-13-20(21)24(30)29-22;/h2-13,31H,14-16,27H2,1H3;1H. The summed E-state index contributed by atoms with van der Waals surface area (Å²) in [5, 5.41) is 10.2. The van der Waals surface area contributed by atoms with Gasteiger partial charge in [-0.3, -0.25) is 9.55 Å². The third-order valence-corrected chi connectivity index (χ3v) is 6.51. The van der Waals surface area contributed by atoms with Crippen molar-refractivity contribution >= 4 is 12.4 Å². The molecule has 0 spiro atoms. The zero-order valence-corrected chi connectivity index (χ0v) is 19.0. The van der Waals surface area contributed by atoms with Gasteiger partial charge in [0, 0.05) is 29.1 Å². The van der Waals surface area contributed by atoms with Gasteiger partial charge in [0.15, 0.2) is 6.73 Å². The van der Waals surface area contributed by atoms with E-state index in [2.05, 4.69) is 45.9 Å². The molecule has 1 saturated carbocycles. The Morgan fingerprint density at radius 1 is 1.00 bits per heavy atom. The van der Waals surface area contributed by atoms with Crippen molar-refractivity contribution in [2.75, 3.05) is 0 Å². The van der Waals surface area contributed by atoms with Crippen molar-refractivity contribution in [1.29, 1.82) is 0 Å². The fraction of sp³-hybridized carbons (Fsp3) is 0.231. The smallest absolute Gasteiger partial charge is 0.167 e. The van der Waals surface area contributed by atoms with Crippen LogP contribution in [0.4, 0.5) is 0 Å². The van der Waals surface area contributed by atoms with Gasteiger partial charge < -0.3 is 15.6 Å². The predicted molar refractivity (Wildman–Crippen MR) is 130 cm³/mol. The Morgan fingerprint density at radius 3 is 2.42 bits per heavy atom. The number of halogens is 1. The zero-order chi connectivity index (χ0) is 21.9. The third-order valence-electron chi connectivity index (χ3n) is 6.51. The molecule has 0 saturated heterocycles. The number of nitrogens with zero attached hydrogens (tertiary/aromatic N) is 3. The van der Waals surface area contributed by atoms with Crippen LogP contribution in [0.3, 0.4) is 0 Å². The number of fused-ring (bicyclic) bond motifs is 3. The highest BCUT2D eigenvalue weighted by atomic mass is 35.5. The monoisotopic (exact) mass is 460 g/mol. The van der Waals surface area contributed by atoms with E-state index in [-0.39, 0.29) is 12.4 Å². The molecule has 0 atom stereocenters. The maximum Gasteiger partial charge on any atom is 0.167 e. The molecule has 1 aliphatic heterocycles. The first kappa shape index (κ1) is 21.6. The lowest BCUT2D eigenvalue weighted by Gasteiger charge is -2.49. The summed E-state index contributed by atoms with van der Waals surface area (Å²) in [6.07, 6.45) is 4.66. The minimum atomic E-state index is -0.682. The van der Waals surface area contributed by atoms with Crippen molar-refractivity contribution in [3.63, 3.8) is 0 Å². The molecule has 168 valence electrons. The molecule has 33 heavy (non-hydrogen) atoms. The summed E-state index contributed by atoms with van der Waals surface area (Å²) >= 11 is 0. The molecule has 4 aromatic rings. The molecular weight excluding hydrogens is 436 g/mol. The molecule has 0 amide bonds. The molecule has 6 rings (SSSR count). The van der Waals surface area contributed by atoms with E-state index in [0.717, 1.165) is 45.2 Å². The van der Waals surface area contributed by atoms with Crippen LogP contribution in [0.1, 0.15) is 25.3 Å². The van der Waals surface area contributed by atoms with Gasteiger partial charge in [-0.15, -0.1) is 12.4 Å². The number of aliphatic hydroxyl groups is 1. The average Bonchev–Trinajstić information content (AvgIpc) is 3.18. The Balaban J connectivity index is 0.00000228. The Bertz CT molecular complexity index is 1310. The minimum Gasteiger partial charge on any atom is -0.472 e. The number of nitrogens with two attached hydrogens (primary N) is 1. The van der Waals surface area contributed by atoms with Gasteiger partial charge in [-0.05, 0) is 31.4 Å². The first-order valence-electron chi connectivity index (χ1n) is 10.8. The van der Waals surface area contributed by atoms with E-state index in [0.29, 0.717) is 19.6 Å². The topological polar surface area (TPSA) is 86.2 Å². The molecule has 6 nitrogen and oxygen atoms in total. The van der Waals surface area contributed by atoms with E-state index >= 15 is 0 Å². The summed E-state index contributed by atoms with van der Waals surface area (Å²) in [6.45, 7) is 2.23. The van der Waals surface area contributed by atoms with E-state index in [1.165, 1.54) is 0 Å². The van der Waals surface area contributed by atoms with Crippen molar-refractivity contribution in [2.24, 2.45) is 5.73 Å². The zero-order valence-electron chi connectivity index (χ0n) is 18.2. The van der Waals surface area contributed by atoms with Crippen molar-refractivity contribution in [2.45, 2.75) is 37.6 Å². The minimum absolute atomic E-state index is 0. The molecule has 0 unspecified atom stereocenters. The van der Waals surface area contributed by atoms with Crippen LogP contribution in [0.15, 0.2) is 73.1 Å². The molecule has 1 fully saturated rings. The Labute approximate surface area is 198 Å². The second-order valence-corrected chi connectivity index (χ2v) is 9.16. The van der Waals surface area contributed by atoms with Gasteiger partial charge in [0.2, 0.25) is 0 Å². The molecule has 3 N–H and O–H groups in total. The quantitative estimate of drug-likeness (QED) is 0.460. The SMILES string of the molecule is CC1(O)CC(N)(c2ccc(-c3nc4n(c3-c3ccccc3)COc3ccncc3-4)cc2)C1.Cl. The lowest BCUT2D eigenvalue weighted by atomic mass is 9.63. The van der Waals surface area contributed by atoms with Crippen LogP contribution in [0, 0.1) is 0 Å². The van der Waals surface area contributed by atoms with Gasteiger partial charge in [-0.1, -0.05) is 54.6 Å². The second-order valence-electron chi connectivity index (χ2n) is 9.16. The number of rotatable bonds is 3. The molecule has 0 bridgehead atoms. The largest absolute Gasteiger partial charge is 0.472 e. The molecule has 1 aliphatic carbocycles. The Hall–Kier alpha value is -3.19. The third kappa shape index (κ3) is 3.51. The van der Waals surface area contributed by atoms with E-state index in [9.17, 15) is 5.11 Å². The van der Waals surface area contributed by atoms with Crippen LogP contribution in [0.25, 0.3) is 33.9 Å². The van der Waals surface area contributed by atoms with Crippen LogP contribution in [-0.2, 0) is 12.3 Å². The maximum atomic E-state index is 10.2. The second kappa shape index (κ2) is 7.70. The predicted octanol–water partition coefficient (Wildman–Crippen LogP) is 4.75. The summed E-state index contributed by atoms with van der Waals surface area (Å²) in [6, 6.07) is 20.4. The fourth-order valence-corrected chi connectivity index (χ4v) is 5.16. The molecule has 3 heterocycles. The fourth-order valence-electron chi connectivity index (χ4n) is 5.16. The summed E-state index contributed by atoms with van der Waals surface area (Å²) in [7, 11) is 0. The highest BCUT2D eigenvalue weighted by Gasteiger charge is 2.49. The summed E-state index contributed by atoms with van der Waals surface area (Å²) < 4.78 is 8.12. The van der Waals surface area contributed by atoms with Gasteiger partial charge in [0.05, 0.1) is 22.6 Å². The van der Waals surface area contributed by atoms with Crippen LogP contribution >= 0.6 is 12.4 Å². The van der Waals surface area contributed by atoms with E-state index in [1.807, 2.05) is 31.2 Å².